The van der Waals surface area contributed by atoms with E-state index in [-0.39, 0.29) is 24.1 Å². The van der Waals surface area contributed by atoms with Gasteiger partial charge in [-0.2, -0.15) is 0 Å². The van der Waals surface area contributed by atoms with E-state index in [1.807, 2.05) is 26.2 Å². The van der Waals surface area contributed by atoms with Gasteiger partial charge in [0, 0.05) is 6.04 Å². The molecule has 2 aromatic rings. The van der Waals surface area contributed by atoms with Gasteiger partial charge in [-0.3, -0.25) is 14.2 Å². The average Bonchev–Trinajstić information content (AvgIpc) is 2.81. The van der Waals surface area contributed by atoms with Gasteiger partial charge in [-0.1, -0.05) is 13.8 Å². The van der Waals surface area contributed by atoms with Crippen molar-refractivity contribution in [1.29, 1.82) is 0 Å². The molecule has 6 heteroatoms. The Bertz CT molecular complexity index is 645. The van der Waals surface area contributed by atoms with Crippen LogP contribution in [0.4, 0.5) is 0 Å². The topological polar surface area (TPSA) is 64.0 Å². The second-order valence-electron chi connectivity index (χ2n) is 4.91. The summed E-state index contributed by atoms with van der Waals surface area (Å²) >= 11 is 1.35. The van der Waals surface area contributed by atoms with Crippen molar-refractivity contribution in [2.75, 3.05) is 0 Å². The van der Waals surface area contributed by atoms with Crippen molar-refractivity contribution in [3.63, 3.8) is 0 Å². The predicted molar refractivity (Wildman–Crippen MR) is 76.3 cm³/mol. The minimum Gasteiger partial charge on any atom is -0.352 e. The summed E-state index contributed by atoms with van der Waals surface area (Å²) in [6.07, 6.45) is 1.43. The molecule has 1 amide bonds. The number of hydrogen-bond donors (Lipinski definition) is 1. The first-order chi connectivity index (χ1) is 8.99. The van der Waals surface area contributed by atoms with Crippen molar-refractivity contribution >= 4 is 27.5 Å². The molecule has 0 aliphatic rings. The lowest BCUT2D eigenvalue weighted by Crippen LogP contribution is -2.39. The van der Waals surface area contributed by atoms with E-state index in [4.69, 9.17) is 0 Å². The summed E-state index contributed by atoms with van der Waals surface area (Å²) in [4.78, 5) is 28.1. The van der Waals surface area contributed by atoms with Crippen molar-refractivity contribution < 1.29 is 4.79 Å². The third-order valence-electron chi connectivity index (χ3n) is 3.14. The number of nitrogens with one attached hydrogen (secondary N) is 1. The van der Waals surface area contributed by atoms with Gasteiger partial charge in [0.2, 0.25) is 5.91 Å². The fraction of sp³-hybridized carbons (Fsp3) is 0.462. The van der Waals surface area contributed by atoms with E-state index in [9.17, 15) is 9.59 Å². The molecular weight excluding hydrogens is 262 g/mol. The van der Waals surface area contributed by atoms with Crippen molar-refractivity contribution in [3.8, 4) is 0 Å². The first-order valence-electron chi connectivity index (χ1n) is 6.21. The Morgan fingerprint density at radius 1 is 1.47 bits per heavy atom. The van der Waals surface area contributed by atoms with Gasteiger partial charge in [0.05, 0.1) is 11.8 Å². The first kappa shape index (κ1) is 13.7. The smallest absolute Gasteiger partial charge is 0.271 e. The summed E-state index contributed by atoms with van der Waals surface area (Å²) in [7, 11) is 0. The molecule has 2 rings (SSSR count). The SMILES string of the molecule is CC(C)C(C)NC(=O)Cn1cnc2ccsc2c1=O. The van der Waals surface area contributed by atoms with Crippen molar-refractivity contribution in [2.45, 2.75) is 33.4 Å². The molecule has 2 heterocycles. The molecule has 102 valence electrons. The zero-order chi connectivity index (χ0) is 14.0. The second-order valence-corrected chi connectivity index (χ2v) is 5.83. The van der Waals surface area contributed by atoms with E-state index in [0.29, 0.717) is 16.1 Å². The molecule has 1 atom stereocenters. The van der Waals surface area contributed by atoms with E-state index in [0.717, 1.165) is 0 Å². The Labute approximate surface area is 115 Å². The van der Waals surface area contributed by atoms with E-state index in [1.165, 1.54) is 22.2 Å². The number of hydrogen-bond acceptors (Lipinski definition) is 4. The van der Waals surface area contributed by atoms with Gasteiger partial charge in [-0.25, -0.2) is 4.98 Å². The predicted octanol–water partition coefficient (Wildman–Crippen LogP) is 1.62. The minimum absolute atomic E-state index is 0.0106. The standard InChI is InChI=1S/C13H17N3O2S/c1-8(2)9(3)15-11(17)6-16-7-14-10-4-5-19-12(10)13(16)18/h4-5,7-9H,6H2,1-3H3,(H,15,17). The molecule has 1 N–H and O–H groups in total. The van der Waals surface area contributed by atoms with Crippen LogP contribution in [0.1, 0.15) is 20.8 Å². The first-order valence-corrected chi connectivity index (χ1v) is 7.09. The monoisotopic (exact) mass is 279 g/mol. The zero-order valence-corrected chi connectivity index (χ0v) is 12.0. The molecule has 0 saturated heterocycles. The van der Waals surface area contributed by atoms with Crippen LogP contribution in [-0.2, 0) is 11.3 Å². The number of carbonyl (C=O) groups excluding carboxylic acids is 1. The summed E-state index contributed by atoms with van der Waals surface area (Å²) in [6, 6.07) is 1.88. The molecule has 1 unspecified atom stereocenters. The normalized spacial score (nSPS) is 12.8. The Hall–Kier alpha value is -1.69. The highest BCUT2D eigenvalue weighted by molar-refractivity contribution is 7.17. The van der Waals surface area contributed by atoms with Crippen LogP contribution in [0.15, 0.2) is 22.6 Å². The Morgan fingerprint density at radius 3 is 2.89 bits per heavy atom. The summed E-state index contributed by atoms with van der Waals surface area (Å²) in [5, 5.41) is 4.70. The lowest BCUT2D eigenvalue weighted by molar-refractivity contribution is -0.122. The Kier molecular flexibility index (Phi) is 3.99. The molecule has 0 bridgehead atoms. The molecule has 0 aliphatic carbocycles. The van der Waals surface area contributed by atoms with Crippen molar-refractivity contribution in [3.05, 3.63) is 28.1 Å². The van der Waals surface area contributed by atoms with Gasteiger partial charge < -0.3 is 5.32 Å². The fourth-order valence-electron chi connectivity index (χ4n) is 1.61. The van der Waals surface area contributed by atoms with Crippen LogP contribution in [-0.4, -0.2) is 21.5 Å². The van der Waals surface area contributed by atoms with Crippen molar-refractivity contribution in [2.24, 2.45) is 5.92 Å². The average molecular weight is 279 g/mol. The highest BCUT2D eigenvalue weighted by atomic mass is 32.1. The number of aromatic nitrogens is 2. The van der Waals surface area contributed by atoms with Gasteiger partial charge in [0.25, 0.3) is 5.56 Å². The number of nitrogens with zero attached hydrogens (tertiary/aromatic N) is 2. The van der Waals surface area contributed by atoms with Crippen LogP contribution in [0.5, 0.6) is 0 Å². The quantitative estimate of drug-likeness (QED) is 0.925. The highest BCUT2D eigenvalue weighted by Gasteiger charge is 2.13. The molecule has 19 heavy (non-hydrogen) atoms. The molecule has 0 aromatic carbocycles. The maximum atomic E-state index is 12.1. The number of rotatable bonds is 4. The third-order valence-corrected chi connectivity index (χ3v) is 4.03. The zero-order valence-electron chi connectivity index (χ0n) is 11.2. The molecule has 0 fully saturated rings. The van der Waals surface area contributed by atoms with Crippen LogP contribution in [0.25, 0.3) is 10.2 Å². The van der Waals surface area contributed by atoms with Gasteiger partial charge in [-0.15, -0.1) is 11.3 Å². The molecular formula is C13H17N3O2S. The number of thiophene rings is 1. The molecule has 0 aliphatic heterocycles. The fourth-order valence-corrected chi connectivity index (χ4v) is 2.41. The molecule has 0 saturated carbocycles. The molecule has 2 aromatic heterocycles. The second kappa shape index (κ2) is 5.52. The maximum absolute atomic E-state index is 12.1. The molecule has 0 radical (unpaired) electrons. The Morgan fingerprint density at radius 2 is 2.21 bits per heavy atom. The van der Waals surface area contributed by atoms with Crippen LogP contribution in [0.2, 0.25) is 0 Å². The maximum Gasteiger partial charge on any atom is 0.271 e. The van der Waals surface area contributed by atoms with Crippen LogP contribution >= 0.6 is 11.3 Å². The minimum atomic E-state index is -0.166. The van der Waals surface area contributed by atoms with E-state index < -0.39 is 0 Å². The van der Waals surface area contributed by atoms with Gasteiger partial charge in [0.15, 0.2) is 0 Å². The number of carbonyl (C=O) groups is 1. The number of fused-ring (bicyclic) bond motifs is 1. The van der Waals surface area contributed by atoms with E-state index in [1.54, 1.807) is 6.07 Å². The summed E-state index contributed by atoms with van der Waals surface area (Å²) in [5.41, 5.74) is 0.523. The van der Waals surface area contributed by atoms with E-state index >= 15 is 0 Å². The summed E-state index contributed by atoms with van der Waals surface area (Å²) in [6.45, 7) is 6.04. The lowest BCUT2D eigenvalue weighted by Gasteiger charge is -2.17. The number of amides is 1. The van der Waals surface area contributed by atoms with Crippen molar-refractivity contribution in [1.82, 2.24) is 14.9 Å². The van der Waals surface area contributed by atoms with Gasteiger partial charge in [0.1, 0.15) is 11.2 Å². The third kappa shape index (κ3) is 3.01. The van der Waals surface area contributed by atoms with Crippen LogP contribution < -0.4 is 10.9 Å². The van der Waals surface area contributed by atoms with Gasteiger partial charge in [-0.05, 0) is 24.3 Å². The van der Waals surface area contributed by atoms with Crippen LogP contribution in [0, 0.1) is 5.92 Å². The molecule has 5 nitrogen and oxygen atoms in total. The summed E-state index contributed by atoms with van der Waals surface area (Å²) < 4.78 is 1.94. The highest BCUT2D eigenvalue weighted by Crippen LogP contribution is 2.12. The lowest BCUT2D eigenvalue weighted by atomic mass is 10.1. The Balaban J connectivity index is 2.15. The van der Waals surface area contributed by atoms with Gasteiger partial charge >= 0.3 is 0 Å². The van der Waals surface area contributed by atoms with Crippen LogP contribution in [0.3, 0.4) is 0 Å². The molecule has 0 spiro atoms. The largest absolute Gasteiger partial charge is 0.352 e. The summed E-state index contributed by atoms with van der Waals surface area (Å²) in [5.74, 6) is 0.194. The van der Waals surface area contributed by atoms with E-state index in [2.05, 4.69) is 10.3 Å².